The number of aryl methyl sites for hydroxylation is 2. The molecule has 0 atom stereocenters. The lowest BCUT2D eigenvalue weighted by Crippen LogP contribution is -2.36. The summed E-state index contributed by atoms with van der Waals surface area (Å²) in [5.74, 6) is 1.16. The van der Waals surface area contributed by atoms with Crippen molar-refractivity contribution in [3.8, 4) is 0 Å². The highest BCUT2D eigenvalue weighted by Gasteiger charge is 2.22. The fourth-order valence-electron chi connectivity index (χ4n) is 3.42. The van der Waals surface area contributed by atoms with E-state index in [1.54, 1.807) is 0 Å². The summed E-state index contributed by atoms with van der Waals surface area (Å²) in [6.45, 7) is 7.34. The number of hydrogen-bond acceptors (Lipinski definition) is 2. The summed E-state index contributed by atoms with van der Waals surface area (Å²) in [4.78, 5) is 14.8. The van der Waals surface area contributed by atoms with E-state index in [2.05, 4.69) is 38.8 Å². The maximum atomic E-state index is 12.4. The monoisotopic (exact) mass is 287 g/mol. The Labute approximate surface area is 129 Å². The molecule has 0 aromatic heterocycles. The second-order valence-electron chi connectivity index (χ2n) is 6.94. The first-order chi connectivity index (χ1) is 9.95. The van der Waals surface area contributed by atoms with Gasteiger partial charge in [-0.05, 0) is 64.6 Å². The van der Waals surface area contributed by atoms with E-state index in [0.29, 0.717) is 12.5 Å². The summed E-state index contributed by atoms with van der Waals surface area (Å²) in [6, 6.07) is 6.81. The summed E-state index contributed by atoms with van der Waals surface area (Å²) in [5, 5.41) is 0. The van der Waals surface area contributed by atoms with Crippen molar-refractivity contribution in [2.45, 2.75) is 58.9 Å². The third kappa shape index (κ3) is 4.67. The van der Waals surface area contributed by atoms with Gasteiger partial charge in [-0.25, -0.2) is 0 Å². The van der Waals surface area contributed by atoms with Gasteiger partial charge in [0.25, 0.3) is 0 Å². The molecule has 0 heterocycles. The van der Waals surface area contributed by atoms with Crippen LogP contribution in [0.25, 0.3) is 0 Å². The lowest BCUT2D eigenvalue weighted by Gasteiger charge is -2.33. The highest BCUT2D eigenvalue weighted by molar-refractivity contribution is 5.96. The third-order valence-electron chi connectivity index (χ3n) is 4.84. The van der Waals surface area contributed by atoms with Crippen LogP contribution in [0.15, 0.2) is 18.2 Å². The van der Waals surface area contributed by atoms with Gasteiger partial charge < -0.3 is 4.90 Å². The van der Waals surface area contributed by atoms with E-state index in [1.165, 1.54) is 36.8 Å². The molecule has 0 bridgehead atoms. The molecular formula is C19H29NO. The van der Waals surface area contributed by atoms with Gasteiger partial charge >= 0.3 is 0 Å². The van der Waals surface area contributed by atoms with Crippen molar-refractivity contribution in [1.29, 1.82) is 0 Å². The molecular weight excluding hydrogens is 258 g/mol. The summed E-state index contributed by atoms with van der Waals surface area (Å²) in [6.07, 6.45) is 5.87. The molecule has 0 radical (unpaired) electrons. The minimum Gasteiger partial charge on any atom is -0.303 e. The minimum atomic E-state index is 0.276. The normalized spacial score (nSPS) is 22.5. The van der Waals surface area contributed by atoms with E-state index in [9.17, 15) is 4.79 Å². The Hall–Kier alpha value is -1.15. The van der Waals surface area contributed by atoms with E-state index in [1.807, 2.05) is 12.1 Å². The molecule has 21 heavy (non-hydrogen) atoms. The number of Topliss-reactive ketones (excluding diaryl/α,β-unsaturated/α-hetero) is 1. The van der Waals surface area contributed by atoms with Gasteiger partial charge in [-0.1, -0.05) is 24.1 Å². The van der Waals surface area contributed by atoms with Crippen molar-refractivity contribution >= 4 is 5.78 Å². The van der Waals surface area contributed by atoms with Crippen molar-refractivity contribution in [1.82, 2.24) is 4.90 Å². The summed E-state index contributed by atoms with van der Waals surface area (Å²) < 4.78 is 0. The number of nitrogens with zero attached hydrogens (tertiary/aromatic N) is 1. The van der Waals surface area contributed by atoms with Gasteiger partial charge in [0.05, 0.1) is 0 Å². The van der Waals surface area contributed by atoms with E-state index in [4.69, 9.17) is 0 Å². The Kier molecular flexibility index (Phi) is 5.58. The summed E-state index contributed by atoms with van der Waals surface area (Å²) >= 11 is 0. The van der Waals surface area contributed by atoms with Crippen molar-refractivity contribution in [2.75, 3.05) is 13.6 Å². The lowest BCUT2D eigenvalue weighted by molar-refractivity contribution is 0.0947. The van der Waals surface area contributed by atoms with Crippen LogP contribution < -0.4 is 0 Å². The second kappa shape index (κ2) is 7.22. The predicted octanol–water partition coefficient (Wildman–Crippen LogP) is 4.39. The third-order valence-corrected chi connectivity index (χ3v) is 4.84. The maximum Gasteiger partial charge on any atom is 0.164 e. The van der Waals surface area contributed by atoms with Gasteiger partial charge in [0, 0.05) is 24.6 Å². The lowest BCUT2D eigenvalue weighted by atomic mass is 9.86. The number of benzene rings is 1. The smallest absolute Gasteiger partial charge is 0.164 e. The molecule has 1 saturated carbocycles. The standard InChI is InChI=1S/C19H29NO/c1-14-5-7-18(8-6-14)20(4)10-9-19(21)17-12-15(2)11-16(3)13-17/h11-14,18H,5-10H2,1-4H3. The van der Waals surface area contributed by atoms with Crippen LogP contribution in [0.2, 0.25) is 0 Å². The average Bonchev–Trinajstić information content (AvgIpc) is 2.44. The van der Waals surface area contributed by atoms with E-state index in [-0.39, 0.29) is 5.78 Å². The number of carbonyl (C=O) groups is 1. The molecule has 0 aliphatic heterocycles. The summed E-state index contributed by atoms with van der Waals surface area (Å²) in [5.41, 5.74) is 3.22. The quantitative estimate of drug-likeness (QED) is 0.749. The molecule has 1 aromatic rings. The predicted molar refractivity (Wildman–Crippen MR) is 88.9 cm³/mol. The molecule has 0 amide bonds. The van der Waals surface area contributed by atoms with Crippen LogP contribution in [0.5, 0.6) is 0 Å². The average molecular weight is 287 g/mol. The molecule has 0 saturated heterocycles. The number of ketones is 1. The van der Waals surface area contributed by atoms with E-state index < -0.39 is 0 Å². The van der Waals surface area contributed by atoms with E-state index in [0.717, 1.165) is 18.0 Å². The van der Waals surface area contributed by atoms with Gasteiger partial charge in [-0.3, -0.25) is 4.79 Å². The van der Waals surface area contributed by atoms with Crippen molar-refractivity contribution in [3.63, 3.8) is 0 Å². The Morgan fingerprint density at radius 2 is 1.67 bits per heavy atom. The minimum absolute atomic E-state index is 0.276. The topological polar surface area (TPSA) is 20.3 Å². The first-order valence-electron chi connectivity index (χ1n) is 8.27. The molecule has 0 unspecified atom stereocenters. The first kappa shape index (κ1) is 16.2. The second-order valence-corrected chi connectivity index (χ2v) is 6.94. The molecule has 0 spiro atoms. The molecule has 2 rings (SSSR count). The van der Waals surface area contributed by atoms with Crippen molar-refractivity contribution in [2.24, 2.45) is 5.92 Å². The van der Waals surface area contributed by atoms with Crippen LogP contribution in [0.3, 0.4) is 0 Å². The zero-order valence-corrected chi connectivity index (χ0v) is 14.0. The van der Waals surface area contributed by atoms with Crippen LogP contribution >= 0.6 is 0 Å². The van der Waals surface area contributed by atoms with Crippen LogP contribution in [0, 0.1) is 19.8 Å². The highest BCUT2D eigenvalue weighted by atomic mass is 16.1. The molecule has 1 aliphatic rings. The van der Waals surface area contributed by atoms with Crippen LogP contribution in [0.4, 0.5) is 0 Å². The molecule has 116 valence electrons. The number of rotatable bonds is 5. The Morgan fingerprint density at radius 3 is 2.24 bits per heavy atom. The van der Waals surface area contributed by atoms with Gasteiger partial charge in [0.15, 0.2) is 5.78 Å². The molecule has 1 fully saturated rings. The van der Waals surface area contributed by atoms with Gasteiger partial charge in [0.1, 0.15) is 0 Å². The molecule has 2 nitrogen and oxygen atoms in total. The molecule has 1 aliphatic carbocycles. The van der Waals surface area contributed by atoms with Gasteiger partial charge in [0.2, 0.25) is 0 Å². The van der Waals surface area contributed by atoms with Gasteiger partial charge in [-0.2, -0.15) is 0 Å². The number of hydrogen-bond donors (Lipinski definition) is 0. The van der Waals surface area contributed by atoms with Gasteiger partial charge in [-0.15, -0.1) is 0 Å². The molecule has 1 aromatic carbocycles. The Balaban J connectivity index is 1.85. The molecule has 2 heteroatoms. The van der Waals surface area contributed by atoms with E-state index >= 15 is 0 Å². The fraction of sp³-hybridized carbons (Fsp3) is 0.632. The zero-order chi connectivity index (χ0) is 15.4. The zero-order valence-electron chi connectivity index (χ0n) is 14.0. The fourth-order valence-corrected chi connectivity index (χ4v) is 3.42. The SMILES string of the molecule is Cc1cc(C)cc(C(=O)CCN(C)C2CCC(C)CC2)c1. The van der Waals surface area contributed by atoms with Crippen LogP contribution in [0.1, 0.15) is 60.5 Å². The molecule has 0 N–H and O–H groups in total. The van der Waals surface area contributed by atoms with Crippen LogP contribution in [-0.4, -0.2) is 30.3 Å². The number of carbonyl (C=O) groups excluding carboxylic acids is 1. The van der Waals surface area contributed by atoms with Crippen molar-refractivity contribution < 1.29 is 4.79 Å². The Morgan fingerprint density at radius 1 is 1.10 bits per heavy atom. The van der Waals surface area contributed by atoms with Crippen molar-refractivity contribution in [3.05, 3.63) is 34.9 Å². The first-order valence-corrected chi connectivity index (χ1v) is 8.27. The largest absolute Gasteiger partial charge is 0.303 e. The Bertz CT molecular complexity index is 466. The van der Waals surface area contributed by atoms with Crippen LogP contribution in [-0.2, 0) is 0 Å². The highest BCUT2D eigenvalue weighted by Crippen LogP contribution is 2.26. The maximum absolute atomic E-state index is 12.4. The summed E-state index contributed by atoms with van der Waals surface area (Å²) in [7, 11) is 2.18.